The van der Waals surface area contributed by atoms with Gasteiger partial charge in [0.15, 0.2) is 0 Å². The topological polar surface area (TPSA) is 100 Å². The van der Waals surface area contributed by atoms with Gasteiger partial charge in [-0.3, -0.25) is 4.79 Å². The Morgan fingerprint density at radius 2 is 2.16 bits per heavy atom. The van der Waals surface area contributed by atoms with Gasteiger partial charge in [-0.25, -0.2) is 18.1 Å². The fourth-order valence-electron chi connectivity index (χ4n) is 1.25. The number of amides is 1. The van der Waals surface area contributed by atoms with Crippen LogP contribution in [0.25, 0.3) is 0 Å². The first-order valence-corrected chi connectivity index (χ1v) is 7.36. The van der Waals surface area contributed by atoms with Gasteiger partial charge in [0.05, 0.1) is 11.6 Å². The number of sulfonamides is 1. The van der Waals surface area contributed by atoms with E-state index in [1.807, 2.05) is 0 Å². The highest BCUT2D eigenvalue weighted by atomic mass is 35.5. The summed E-state index contributed by atoms with van der Waals surface area (Å²) in [6.45, 7) is 1.85. The zero-order valence-electron chi connectivity index (χ0n) is 10.5. The van der Waals surface area contributed by atoms with Crippen molar-refractivity contribution in [1.82, 2.24) is 15.0 Å². The molecule has 0 aromatic carbocycles. The summed E-state index contributed by atoms with van der Waals surface area (Å²) in [6.07, 6.45) is 1.16. The Morgan fingerprint density at radius 3 is 2.68 bits per heavy atom. The van der Waals surface area contributed by atoms with E-state index in [1.165, 1.54) is 6.07 Å². The third-order valence-corrected chi connectivity index (χ3v) is 3.82. The Balaban J connectivity index is 2.83. The number of anilines is 1. The lowest BCUT2D eigenvalue weighted by Crippen LogP contribution is -2.36. The highest BCUT2D eigenvalue weighted by molar-refractivity contribution is 7.89. The van der Waals surface area contributed by atoms with Gasteiger partial charge in [0.2, 0.25) is 15.9 Å². The Kier molecular flexibility index (Phi) is 5.52. The van der Waals surface area contributed by atoms with Crippen molar-refractivity contribution < 1.29 is 13.2 Å². The standard InChI is InChI=1S/C10H15ClN4O3S/c1-3-13-9(16)6-15-19(17,18)7-4-8(11)10(12-2)14-5-7/h4-5,15H,3,6H2,1-2H3,(H,12,14)(H,13,16). The zero-order valence-corrected chi connectivity index (χ0v) is 12.1. The maximum atomic E-state index is 11.9. The summed E-state index contributed by atoms with van der Waals surface area (Å²) in [7, 11) is -2.19. The maximum absolute atomic E-state index is 11.9. The first-order chi connectivity index (χ1) is 8.90. The van der Waals surface area contributed by atoms with E-state index in [9.17, 15) is 13.2 Å². The van der Waals surface area contributed by atoms with Crippen molar-refractivity contribution in [3.05, 3.63) is 17.3 Å². The molecular weight excluding hydrogens is 292 g/mol. The van der Waals surface area contributed by atoms with Gasteiger partial charge in [0.1, 0.15) is 10.7 Å². The molecule has 19 heavy (non-hydrogen) atoms. The molecule has 0 unspecified atom stereocenters. The average Bonchev–Trinajstić information content (AvgIpc) is 2.37. The van der Waals surface area contributed by atoms with Crippen molar-refractivity contribution in [1.29, 1.82) is 0 Å². The van der Waals surface area contributed by atoms with Crippen LogP contribution in [-0.2, 0) is 14.8 Å². The second-order valence-electron chi connectivity index (χ2n) is 3.53. The van der Waals surface area contributed by atoms with Crippen LogP contribution in [-0.4, -0.2) is 39.4 Å². The fraction of sp³-hybridized carbons (Fsp3) is 0.400. The van der Waals surface area contributed by atoms with Gasteiger partial charge in [0.25, 0.3) is 0 Å². The molecule has 0 fully saturated rings. The van der Waals surface area contributed by atoms with Gasteiger partial charge < -0.3 is 10.6 Å². The Hall–Kier alpha value is -1.38. The van der Waals surface area contributed by atoms with Crippen LogP contribution in [0.1, 0.15) is 6.92 Å². The van der Waals surface area contributed by atoms with E-state index in [0.717, 1.165) is 6.20 Å². The lowest BCUT2D eigenvalue weighted by molar-refractivity contribution is -0.119. The predicted octanol–water partition coefficient (Wildman–Crippen LogP) is 0.191. The second-order valence-corrected chi connectivity index (χ2v) is 5.70. The number of carbonyl (C=O) groups excluding carboxylic acids is 1. The fourth-order valence-corrected chi connectivity index (χ4v) is 2.53. The van der Waals surface area contributed by atoms with Gasteiger partial charge >= 0.3 is 0 Å². The average molecular weight is 307 g/mol. The van der Waals surface area contributed by atoms with Crippen LogP contribution in [0.2, 0.25) is 5.02 Å². The first kappa shape index (κ1) is 15.7. The van der Waals surface area contributed by atoms with E-state index < -0.39 is 15.9 Å². The molecule has 0 radical (unpaired) electrons. The Labute approximate surface area is 116 Å². The predicted molar refractivity (Wildman–Crippen MR) is 72.7 cm³/mol. The maximum Gasteiger partial charge on any atom is 0.242 e. The van der Waals surface area contributed by atoms with Gasteiger partial charge in [-0.1, -0.05) is 11.6 Å². The summed E-state index contributed by atoms with van der Waals surface area (Å²) in [5.74, 6) is -0.0266. The third kappa shape index (κ3) is 4.34. The number of hydrogen-bond acceptors (Lipinski definition) is 5. The van der Waals surface area contributed by atoms with Crippen LogP contribution in [0.5, 0.6) is 0 Å². The van der Waals surface area contributed by atoms with Crippen LogP contribution in [0.3, 0.4) is 0 Å². The summed E-state index contributed by atoms with van der Waals surface area (Å²) in [4.78, 5) is 15.0. The number of rotatable bonds is 6. The molecule has 1 rings (SSSR count). The number of likely N-dealkylation sites (N-methyl/N-ethyl adjacent to an activating group) is 1. The number of carbonyl (C=O) groups is 1. The Morgan fingerprint density at radius 1 is 1.47 bits per heavy atom. The highest BCUT2D eigenvalue weighted by Gasteiger charge is 2.17. The molecule has 0 saturated carbocycles. The SMILES string of the molecule is CCNC(=O)CNS(=O)(=O)c1cnc(NC)c(Cl)c1. The van der Waals surface area contributed by atoms with Crippen molar-refractivity contribution in [3.8, 4) is 0 Å². The zero-order chi connectivity index (χ0) is 14.5. The molecule has 0 spiro atoms. The first-order valence-electron chi connectivity index (χ1n) is 5.50. The molecule has 0 aliphatic heterocycles. The van der Waals surface area contributed by atoms with Crippen molar-refractivity contribution in [2.45, 2.75) is 11.8 Å². The molecule has 1 heterocycles. The minimum atomic E-state index is -3.81. The molecule has 0 aliphatic carbocycles. The van der Waals surface area contributed by atoms with Gasteiger partial charge in [-0.15, -0.1) is 0 Å². The molecule has 1 aromatic heterocycles. The van der Waals surface area contributed by atoms with Gasteiger partial charge in [0, 0.05) is 19.8 Å². The second kappa shape index (κ2) is 6.69. The molecule has 1 amide bonds. The van der Waals surface area contributed by atoms with E-state index in [-0.39, 0.29) is 16.5 Å². The van der Waals surface area contributed by atoms with E-state index in [2.05, 4.69) is 20.3 Å². The van der Waals surface area contributed by atoms with Crippen LogP contribution in [0.4, 0.5) is 5.82 Å². The van der Waals surface area contributed by atoms with Crippen LogP contribution < -0.4 is 15.4 Å². The van der Waals surface area contributed by atoms with Crippen molar-refractivity contribution >= 4 is 33.3 Å². The van der Waals surface area contributed by atoms with Crippen molar-refractivity contribution in [2.75, 3.05) is 25.5 Å². The van der Waals surface area contributed by atoms with Crippen molar-refractivity contribution in [3.63, 3.8) is 0 Å². The van der Waals surface area contributed by atoms with Crippen molar-refractivity contribution in [2.24, 2.45) is 0 Å². The lowest BCUT2D eigenvalue weighted by atomic mass is 10.4. The number of halogens is 1. The van der Waals surface area contributed by atoms with Crippen LogP contribution >= 0.6 is 11.6 Å². The van der Waals surface area contributed by atoms with E-state index in [4.69, 9.17) is 11.6 Å². The summed E-state index contributed by atoms with van der Waals surface area (Å²) >= 11 is 5.85. The normalized spacial score (nSPS) is 11.1. The molecular formula is C10H15ClN4O3S. The minimum Gasteiger partial charge on any atom is -0.372 e. The van der Waals surface area contributed by atoms with Crippen LogP contribution in [0, 0.1) is 0 Å². The molecule has 1 aromatic rings. The van der Waals surface area contributed by atoms with E-state index >= 15 is 0 Å². The molecule has 3 N–H and O–H groups in total. The lowest BCUT2D eigenvalue weighted by Gasteiger charge is -2.08. The number of pyridine rings is 1. The molecule has 9 heteroatoms. The van der Waals surface area contributed by atoms with Gasteiger partial charge in [-0.2, -0.15) is 0 Å². The molecule has 7 nitrogen and oxygen atoms in total. The third-order valence-electron chi connectivity index (χ3n) is 2.16. The monoisotopic (exact) mass is 306 g/mol. The smallest absolute Gasteiger partial charge is 0.242 e. The highest BCUT2D eigenvalue weighted by Crippen LogP contribution is 2.21. The Bertz CT molecular complexity index is 562. The quantitative estimate of drug-likeness (QED) is 0.696. The molecule has 0 atom stereocenters. The summed E-state index contributed by atoms with van der Waals surface area (Å²) in [6, 6.07) is 1.26. The number of nitrogens with zero attached hydrogens (tertiary/aromatic N) is 1. The summed E-state index contributed by atoms with van der Waals surface area (Å²) in [5, 5.41) is 5.38. The van der Waals surface area contributed by atoms with E-state index in [1.54, 1.807) is 14.0 Å². The summed E-state index contributed by atoms with van der Waals surface area (Å²) in [5.41, 5.74) is 0. The summed E-state index contributed by atoms with van der Waals surface area (Å²) < 4.78 is 25.9. The van der Waals surface area contributed by atoms with Gasteiger partial charge in [-0.05, 0) is 13.0 Å². The molecule has 0 saturated heterocycles. The number of aromatic nitrogens is 1. The largest absolute Gasteiger partial charge is 0.372 e. The molecule has 106 valence electrons. The molecule has 0 bridgehead atoms. The molecule has 0 aliphatic rings. The number of nitrogens with one attached hydrogen (secondary N) is 3. The van der Waals surface area contributed by atoms with E-state index in [0.29, 0.717) is 12.4 Å². The van der Waals surface area contributed by atoms with Crippen LogP contribution in [0.15, 0.2) is 17.2 Å². The minimum absolute atomic E-state index is 0.0965. The number of hydrogen-bond donors (Lipinski definition) is 3.